The molecule has 1 heteroatoms. The molecule has 2 aromatic carbocycles. The fourth-order valence-electron chi connectivity index (χ4n) is 4.86. The van der Waals surface area contributed by atoms with E-state index in [-0.39, 0.29) is 0 Å². The van der Waals surface area contributed by atoms with Crippen molar-refractivity contribution < 1.29 is 4.74 Å². The second-order valence-corrected chi connectivity index (χ2v) is 8.85. The lowest BCUT2D eigenvalue weighted by molar-refractivity contribution is 0.302. The summed E-state index contributed by atoms with van der Waals surface area (Å²) in [5.74, 6) is 2.70. The maximum absolute atomic E-state index is 5.55. The summed E-state index contributed by atoms with van der Waals surface area (Å²) in [7, 11) is 0. The van der Waals surface area contributed by atoms with Gasteiger partial charge in [0.15, 0.2) is 0 Å². The second kappa shape index (κ2) is 12.1. The first-order valence-electron chi connectivity index (χ1n) is 12.1. The Morgan fingerprint density at radius 3 is 1.90 bits per heavy atom. The number of benzene rings is 2. The van der Waals surface area contributed by atoms with Crippen molar-refractivity contribution in [2.24, 2.45) is 5.92 Å². The number of hydrogen-bond donors (Lipinski definition) is 0. The molecule has 0 radical (unpaired) electrons. The monoisotopic (exact) mass is 392 g/mol. The average molecular weight is 393 g/mol. The molecule has 1 fully saturated rings. The maximum Gasteiger partial charge on any atom is 0.119 e. The van der Waals surface area contributed by atoms with Crippen LogP contribution in [0.3, 0.4) is 0 Å². The van der Waals surface area contributed by atoms with Crippen molar-refractivity contribution in [2.45, 2.75) is 90.4 Å². The molecule has 0 aliphatic heterocycles. The Balaban J connectivity index is 1.43. The Morgan fingerprint density at radius 2 is 1.28 bits per heavy atom. The number of unbranched alkanes of at least 4 members (excludes halogenated alkanes) is 5. The maximum atomic E-state index is 5.55. The van der Waals surface area contributed by atoms with Gasteiger partial charge in [-0.15, -0.1) is 0 Å². The highest BCUT2D eigenvalue weighted by Gasteiger charge is 2.22. The second-order valence-electron chi connectivity index (χ2n) is 8.85. The molecule has 1 aliphatic rings. The summed E-state index contributed by atoms with van der Waals surface area (Å²) in [4.78, 5) is 0. The molecule has 29 heavy (non-hydrogen) atoms. The smallest absolute Gasteiger partial charge is 0.119 e. The Bertz CT molecular complexity index is 677. The van der Waals surface area contributed by atoms with Crippen molar-refractivity contribution in [1.29, 1.82) is 0 Å². The van der Waals surface area contributed by atoms with Crippen molar-refractivity contribution in [3.63, 3.8) is 0 Å². The molecule has 0 unspecified atom stereocenters. The van der Waals surface area contributed by atoms with Crippen LogP contribution in [0.5, 0.6) is 5.75 Å². The summed E-state index contributed by atoms with van der Waals surface area (Å²) in [5, 5.41) is 0. The lowest BCUT2D eigenvalue weighted by Gasteiger charge is -2.29. The van der Waals surface area contributed by atoms with Crippen LogP contribution >= 0.6 is 0 Å². The minimum Gasteiger partial charge on any atom is -0.494 e. The SMILES string of the molecule is CCCCCCCCC1CCC(c2ccc(-c3ccc(OCC)cc3)cc2)CC1. The molecule has 2 aromatic rings. The largest absolute Gasteiger partial charge is 0.494 e. The Morgan fingerprint density at radius 1 is 0.690 bits per heavy atom. The summed E-state index contributed by atoms with van der Waals surface area (Å²) in [6.45, 7) is 5.04. The average Bonchev–Trinajstić information content (AvgIpc) is 2.78. The third-order valence-corrected chi connectivity index (χ3v) is 6.69. The van der Waals surface area contributed by atoms with Crippen LogP contribution < -0.4 is 4.74 Å². The predicted molar refractivity (Wildman–Crippen MR) is 126 cm³/mol. The lowest BCUT2D eigenvalue weighted by Crippen LogP contribution is -2.13. The van der Waals surface area contributed by atoms with Gasteiger partial charge in [-0.05, 0) is 73.3 Å². The van der Waals surface area contributed by atoms with E-state index in [1.807, 2.05) is 6.92 Å². The summed E-state index contributed by atoms with van der Waals surface area (Å²) < 4.78 is 5.55. The van der Waals surface area contributed by atoms with Gasteiger partial charge in [0.2, 0.25) is 0 Å². The van der Waals surface area contributed by atoms with Crippen LogP contribution in [0.4, 0.5) is 0 Å². The van der Waals surface area contributed by atoms with Crippen LogP contribution in [0.1, 0.15) is 96.0 Å². The molecule has 1 nitrogen and oxygen atoms in total. The highest BCUT2D eigenvalue weighted by atomic mass is 16.5. The van der Waals surface area contributed by atoms with Crippen LogP contribution in [0.25, 0.3) is 11.1 Å². The first kappa shape index (κ1) is 21.9. The van der Waals surface area contributed by atoms with E-state index in [9.17, 15) is 0 Å². The van der Waals surface area contributed by atoms with E-state index in [1.54, 1.807) is 0 Å². The predicted octanol–water partition coefficient (Wildman–Crippen LogP) is 8.78. The molecule has 1 saturated carbocycles. The van der Waals surface area contributed by atoms with Gasteiger partial charge in [0.1, 0.15) is 5.75 Å². The van der Waals surface area contributed by atoms with Crippen molar-refractivity contribution >= 4 is 0 Å². The molecule has 0 atom stereocenters. The molecule has 3 rings (SSSR count). The first-order valence-corrected chi connectivity index (χ1v) is 12.1. The minimum absolute atomic E-state index is 0.718. The molecule has 0 amide bonds. The highest BCUT2D eigenvalue weighted by molar-refractivity contribution is 5.64. The normalized spacial score (nSPS) is 19.2. The molecule has 0 aromatic heterocycles. The molecule has 0 N–H and O–H groups in total. The summed E-state index contributed by atoms with van der Waals surface area (Å²) >= 11 is 0. The first-order chi connectivity index (χ1) is 14.3. The third-order valence-electron chi connectivity index (χ3n) is 6.69. The quantitative estimate of drug-likeness (QED) is 0.347. The van der Waals surface area contributed by atoms with E-state index >= 15 is 0 Å². The van der Waals surface area contributed by atoms with Gasteiger partial charge in [-0.25, -0.2) is 0 Å². The molecule has 0 saturated heterocycles. The van der Waals surface area contributed by atoms with Crippen LogP contribution in [-0.2, 0) is 0 Å². The van der Waals surface area contributed by atoms with Crippen molar-refractivity contribution in [3.05, 3.63) is 54.1 Å². The van der Waals surface area contributed by atoms with Crippen molar-refractivity contribution in [1.82, 2.24) is 0 Å². The Kier molecular flexibility index (Phi) is 9.12. The summed E-state index contributed by atoms with van der Waals surface area (Å²) in [5.41, 5.74) is 4.11. The van der Waals surface area contributed by atoms with E-state index in [4.69, 9.17) is 4.74 Å². The molecular weight excluding hydrogens is 352 g/mol. The number of ether oxygens (including phenoxy) is 1. The summed E-state index contributed by atoms with van der Waals surface area (Å²) in [6, 6.07) is 17.8. The van der Waals surface area contributed by atoms with Crippen molar-refractivity contribution in [3.8, 4) is 16.9 Å². The van der Waals surface area contributed by atoms with Gasteiger partial charge in [-0.2, -0.15) is 0 Å². The Hall–Kier alpha value is -1.76. The summed E-state index contributed by atoms with van der Waals surface area (Å²) in [6.07, 6.45) is 15.7. The van der Waals surface area contributed by atoms with Gasteiger partial charge in [0, 0.05) is 0 Å². The fourth-order valence-corrected chi connectivity index (χ4v) is 4.86. The highest BCUT2D eigenvalue weighted by Crippen LogP contribution is 2.38. The molecule has 1 aliphatic carbocycles. The zero-order valence-corrected chi connectivity index (χ0v) is 18.7. The van der Waals surface area contributed by atoms with Gasteiger partial charge in [0.05, 0.1) is 6.61 Å². The standard InChI is InChI=1S/C28H40O/c1-3-5-6-7-8-9-10-23-11-13-24(14-12-23)25-15-17-26(18-16-25)27-19-21-28(22-20-27)29-4-2/h15-24H,3-14H2,1-2H3. The van der Waals surface area contributed by atoms with Crippen LogP contribution in [0, 0.1) is 5.92 Å². The number of rotatable bonds is 11. The molecule has 0 heterocycles. The van der Waals surface area contributed by atoms with Crippen molar-refractivity contribution in [2.75, 3.05) is 6.61 Å². The van der Waals surface area contributed by atoms with Gasteiger partial charge >= 0.3 is 0 Å². The Labute approximate surface area is 178 Å². The molecular formula is C28H40O. The van der Waals surface area contributed by atoms with Crippen LogP contribution in [-0.4, -0.2) is 6.61 Å². The van der Waals surface area contributed by atoms with Gasteiger partial charge in [-0.3, -0.25) is 0 Å². The van der Waals surface area contributed by atoms with Gasteiger partial charge in [-0.1, -0.05) is 88.3 Å². The zero-order chi connectivity index (χ0) is 20.3. The van der Waals surface area contributed by atoms with Gasteiger partial charge < -0.3 is 4.74 Å². The number of hydrogen-bond acceptors (Lipinski definition) is 1. The van der Waals surface area contributed by atoms with E-state index in [0.717, 1.165) is 24.2 Å². The third kappa shape index (κ3) is 6.91. The van der Waals surface area contributed by atoms with Crippen LogP contribution in [0.2, 0.25) is 0 Å². The van der Waals surface area contributed by atoms with Gasteiger partial charge in [0.25, 0.3) is 0 Å². The lowest BCUT2D eigenvalue weighted by atomic mass is 9.77. The molecule has 0 spiro atoms. The van der Waals surface area contributed by atoms with Crippen LogP contribution in [0.15, 0.2) is 48.5 Å². The topological polar surface area (TPSA) is 9.23 Å². The fraction of sp³-hybridized carbons (Fsp3) is 0.571. The van der Waals surface area contributed by atoms with E-state index in [1.165, 1.54) is 87.3 Å². The van der Waals surface area contributed by atoms with E-state index in [2.05, 4.69) is 55.5 Å². The van der Waals surface area contributed by atoms with E-state index < -0.39 is 0 Å². The van der Waals surface area contributed by atoms with E-state index in [0.29, 0.717) is 0 Å². The minimum atomic E-state index is 0.718. The molecule has 158 valence electrons. The zero-order valence-electron chi connectivity index (χ0n) is 18.7. The molecule has 0 bridgehead atoms.